The van der Waals surface area contributed by atoms with Crippen molar-refractivity contribution in [2.45, 2.75) is 19.5 Å². The van der Waals surface area contributed by atoms with Crippen molar-refractivity contribution >= 4 is 17.3 Å². The standard InChI is InChI=1S/C21H27N3O3/c1-16(21(25)23-19-5-3-4-6-20(19)26-2)22-18-9-7-17(8-10-18)15-24-11-13-27-14-12-24/h3-10,16,22H,11-15H2,1-2H3,(H,23,25). The van der Waals surface area contributed by atoms with Crippen molar-refractivity contribution in [3.05, 3.63) is 54.1 Å². The van der Waals surface area contributed by atoms with Crippen molar-refractivity contribution in [3.63, 3.8) is 0 Å². The zero-order valence-corrected chi connectivity index (χ0v) is 15.9. The Bertz CT molecular complexity index is 743. The predicted molar refractivity (Wildman–Crippen MR) is 107 cm³/mol. The van der Waals surface area contributed by atoms with Gasteiger partial charge in [0, 0.05) is 25.3 Å². The molecule has 1 aliphatic rings. The van der Waals surface area contributed by atoms with E-state index < -0.39 is 0 Å². The van der Waals surface area contributed by atoms with E-state index in [1.165, 1.54) is 5.56 Å². The molecule has 1 saturated heterocycles. The van der Waals surface area contributed by atoms with E-state index in [9.17, 15) is 4.79 Å². The van der Waals surface area contributed by atoms with Crippen LogP contribution in [-0.4, -0.2) is 50.3 Å². The quantitative estimate of drug-likeness (QED) is 0.786. The summed E-state index contributed by atoms with van der Waals surface area (Å²) in [6, 6.07) is 15.2. The lowest BCUT2D eigenvalue weighted by Gasteiger charge is -2.26. The van der Waals surface area contributed by atoms with Gasteiger partial charge in [0.2, 0.25) is 5.91 Å². The maximum Gasteiger partial charge on any atom is 0.246 e. The Balaban J connectivity index is 1.53. The fraction of sp³-hybridized carbons (Fsp3) is 0.381. The molecule has 6 nitrogen and oxygen atoms in total. The van der Waals surface area contributed by atoms with Crippen molar-refractivity contribution in [2.75, 3.05) is 44.0 Å². The number of carbonyl (C=O) groups excluding carboxylic acids is 1. The first kappa shape index (κ1) is 19.2. The van der Waals surface area contributed by atoms with Gasteiger partial charge in [-0.3, -0.25) is 9.69 Å². The second-order valence-electron chi connectivity index (χ2n) is 6.64. The molecule has 1 aliphatic heterocycles. The van der Waals surface area contributed by atoms with Gasteiger partial charge in [0.15, 0.2) is 0 Å². The minimum Gasteiger partial charge on any atom is -0.495 e. The number of ether oxygens (including phenoxy) is 2. The molecule has 1 amide bonds. The number of amides is 1. The SMILES string of the molecule is COc1ccccc1NC(=O)C(C)Nc1ccc(CN2CCOCC2)cc1. The van der Waals surface area contributed by atoms with Crippen LogP contribution in [0.2, 0.25) is 0 Å². The number of rotatable bonds is 7. The molecule has 144 valence electrons. The van der Waals surface area contributed by atoms with E-state index in [0.717, 1.165) is 38.5 Å². The van der Waals surface area contributed by atoms with E-state index in [4.69, 9.17) is 9.47 Å². The van der Waals surface area contributed by atoms with Gasteiger partial charge in [0.05, 0.1) is 26.0 Å². The Morgan fingerprint density at radius 2 is 1.85 bits per heavy atom. The highest BCUT2D eigenvalue weighted by Gasteiger charge is 2.15. The van der Waals surface area contributed by atoms with Crippen LogP contribution in [0.3, 0.4) is 0 Å². The number of hydrogen-bond donors (Lipinski definition) is 2. The van der Waals surface area contributed by atoms with Gasteiger partial charge < -0.3 is 20.1 Å². The van der Waals surface area contributed by atoms with Crippen LogP contribution >= 0.6 is 0 Å². The summed E-state index contributed by atoms with van der Waals surface area (Å²) in [7, 11) is 1.59. The summed E-state index contributed by atoms with van der Waals surface area (Å²) in [5.74, 6) is 0.530. The van der Waals surface area contributed by atoms with Crippen LogP contribution in [0.1, 0.15) is 12.5 Å². The smallest absolute Gasteiger partial charge is 0.246 e. The number of hydrogen-bond acceptors (Lipinski definition) is 5. The van der Waals surface area contributed by atoms with E-state index in [0.29, 0.717) is 11.4 Å². The third-order valence-electron chi connectivity index (χ3n) is 4.61. The van der Waals surface area contributed by atoms with E-state index in [-0.39, 0.29) is 11.9 Å². The lowest BCUT2D eigenvalue weighted by Crippen LogP contribution is -2.35. The molecule has 27 heavy (non-hydrogen) atoms. The molecule has 0 aliphatic carbocycles. The minimum atomic E-state index is -0.375. The average molecular weight is 369 g/mol. The first-order chi connectivity index (χ1) is 13.2. The summed E-state index contributed by atoms with van der Waals surface area (Å²) in [5, 5.41) is 6.15. The van der Waals surface area contributed by atoms with E-state index in [1.807, 2.05) is 43.3 Å². The number of para-hydroxylation sites is 2. The highest BCUT2D eigenvalue weighted by atomic mass is 16.5. The fourth-order valence-electron chi connectivity index (χ4n) is 3.03. The van der Waals surface area contributed by atoms with Crippen molar-refractivity contribution < 1.29 is 14.3 Å². The number of carbonyl (C=O) groups is 1. The molecule has 0 radical (unpaired) electrons. The van der Waals surface area contributed by atoms with Crippen LogP contribution < -0.4 is 15.4 Å². The third-order valence-corrected chi connectivity index (χ3v) is 4.61. The molecular weight excluding hydrogens is 342 g/mol. The van der Waals surface area contributed by atoms with Gasteiger partial charge in [-0.1, -0.05) is 24.3 Å². The summed E-state index contributed by atoms with van der Waals surface area (Å²) in [4.78, 5) is 14.9. The Morgan fingerprint density at radius 1 is 1.15 bits per heavy atom. The second-order valence-corrected chi connectivity index (χ2v) is 6.64. The van der Waals surface area contributed by atoms with Crippen LogP contribution in [0.4, 0.5) is 11.4 Å². The van der Waals surface area contributed by atoms with Crippen LogP contribution in [-0.2, 0) is 16.1 Å². The third kappa shape index (κ3) is 5.45. The summed E-state index contributed by atoms with van der Waals surface area (Å²) < 4.78 is 10.7. The van der Waals surface area contributed by atoms with Gasteiger partial charge in [-0.05, 0) is 36.8 Å². The maximum absolute atomic E-state index is 12.5. The normalized spacial score (nSPS) is 15.8. The number of morpholine rings is 1. The molecule has 0 bridgehead atoms. The number of nitrogens with one attached hydrogen (secondary N) is 2. The van der Waals surface area contributed by atoms with Crippen LogP contribution in [0.5, 0.6) is 5.75 Å². The predicted octanol–water partition coefficient (Wildman–Crippen LogP) is 2.97. The zero-order chi connectivity index (χ0) is 19.1. The maximum atomic E-state index is 12.5. The Kier molecular flexibility index (Phi) is 6.68. The Labute approximate surface area is 160 Å². The number of benzene rings is 2. The average Bonchev–Trinajstić information content (AvgIpc) is 2.70. The largest absolute Gasteiger partial charge is 0.495 e. The lowest BCUT2D eigenvalue weighted by atomic mass is 10.1. The molecule has 6 heteroatoms. The van der Waals surface area contributed by atoms with Crippen LogP contribution in [0.15, 0.2) is 48.5 Å². The summed E-state index contributed by atoms with van der Waals surface area (Å²) in [5.41, 5.74) is 2.84. The van der Waals surface area contributed by atoms with Gasteiger partial charge in [-0.2, -0.15) is 0 Å². The molecule has 0 aromatic heterocycles. The van der Waals surface area contributed by atoms with Gasteiger partial charge in [-0.15, -0.1) is 0 Å². The molecule has 0 saturated carbocycles. The van der Waals surface area contributed by atoms with Gasteiger partial charge in [0.25, 0.3) is 0 Å². The number of anilines is 2. The molecular formula is C21H27N3O3. The molecule has 2 N–H and O–H groups in total. The second kappa shape index (κ2) is 9.39. The highest BCUT2D eigenvalue weighted by molar-refractivity contribution is 5.97. The van der Waals surface area contributed by atoms with E-state index in [2.05, 4.69) is 27.7 Å². The van der Waals surface area contributed by atoms with Gasteiger partial charge in [0.1, 0.15) is 11.8 Å². The molecule has 1 unspecified atom stereocenters. The zero-order valence-electron chi connectivity index (χ0n) is 15.9. The summed E-state index contributed by atoms with van der Waals surface area (Å²) >= 11 is 0. The number of nitrogens with zero attached hydrogens (tertiary/aromatic N) is 1. The molecule has 0 spiro atoms. The molecule has 1 fully saturated rings. The van der Waals surface area contributed by atoms with Gasteiger partial charge >= 0.3 is 0 Å². The van der Waals surface area contributed by atoms with E-state index in [1.54, 1.807) is 7.11 Å². The lowest BCUT2D eigenvalue weighted by molar-refractivity contribution is -0.116. The topological polar surface area (TPSA) is 62.8 Å². The van der Waals surface area contributed by atoms with Crippen molar-refractivity contribution in [1.29, 1.82) is 0 Å². The first-order valence-corrected chi connectivity index (χ1v) is 9.25. The molecule has 1 heterocycles. The Morgan fingerprint density at radius 3 is 2.56 bits per heavy atom. The van der Waals surface area contributed by atoms with E-state index >= 15 is 0 Å². The monoisotopic (exact) mass is 369 g/mol. The molecule has 2 aromatic carbocycles. The molecule has 1 atom stereocenters. The highest BCUT2D eigenvalue weighted by Crippen LogP contribution is 2.23. The first-order valence-electron chi connectivity index (χ1n) is 9.25. The minimum absolute atomic E-state index is 0.114. The van der Waals surface area contributed by atoms with Crippen molar-refractivity contribution in [2.24, 2.45) is 0 Å². The summed E-state index contributed by atoms with van der Waals surface area (Å²) in [6.45, 7) is 6.32. The van der Waals surface area contributed by atoms with Gasteiger partial charge in [-0.25, -0.2) is 0 Å². The van der Waals surface area contributed by atoms with Crippen LogP contribution in [0.25, 0.3) is 0 Å². The Hall–Kier alpha value is -2.57. The van der Waals surface area contributed by atoms with Crippen molar-refractivity contribution in [1.82, 2.24) is 4.90 Å². The molecule has 3 rings (SSSR count). The van der Waals surface area contributed by atoms with Crippen molar-refractivity contribution in [3.8, 4) is 5.75 Å². The number of methoxy groups -OCH3 is 1. The molecule has 2 aromatic rings. The van der Waals surface area contributed by atoms with Crippen LogP contribution in [0, 0.1) is 0 Å². The fourth-order valence-corrected chi connectivity index (χ4v) is 3.03. The summed E-state index contributed by atoms with van der Waals surface area (Å²) in [6.07, 6.45) is 0.